The number of aliphatic imine (C=N–C) groups is 1. The molecule has 0 bridgehead atoms. The summed E-state index contributed by atoms with van der Waals surface area (Å²) < 4.78 is 1.98. The smallest absolute Gasteiger partial charge is 0.267 e. The van der Waals surface area contributed by atoms with Crippen LogP contribution < -0.4 is 5.32 Å². The molecular formula is C33H38N4O2S. The molecule has 3 aliphatic rings. The Kier molecular flexibility index (Phi) is 8.10. The van der Waals surface area contributed by atoms with Crippen LogP contribution in [0.3, 0.4) is 0 Å². The van der Waals surface area contributed by atoms with Gasteiger partial charge in [-0.15, -0.1) is 0 Å². The van der Waals surface area contributed by atoms with E-state index in [-0.39, 0.29) is 24.4 Å². The molecule has 2 heterocycles. The van der Waals surface area contributed by atoms with Gasteiger partial charge >= 0.3 is 0 Å². The summed E-state index contributed by atoms with van der Waals surface area (Å²) in [5.41, 5.74) is 3.87. The average molecular weight is 555 g/mol. The number of amidine groups is 1. The van der Waals surface area contributed by atoms with Gasteiger partial charge in [-0.05, 0) is 68.6 Å². The van der Waals surface area contributed by atoms with Crippen LogP contribution in [0, 0.1) is 6.92 Å². The van der Waals surface area contributed by atoms with Gasteiger partial charge in [0.2, 0.25) is 5.91 Å². The number of hydrogen-bond donors (Lipinski definition) is 1. The van der Waals surface area contributed by atoms with Gasteiger partial charge in [0.1, 0.15) is 6.54 Å². The van der Waals surface area contributed by atoms with Gasteiger partial charge in [0.05, 0.1) is 10.9 Å². The highest BCUT2D eigenvalue weighted by Gasteiger charge is 2.39. The molecule has 6 nitrogen and oxygen atoms in total. The Morgan fingerprint density at radius 1 is 0.975 bits per heavy atom. The second-order valence-corrected chi connectivity index (χ2v) is 12.4. The Balaban J connectivity index is 1.29. The number of para-hydroxylation sites is 1. The van der Waals surface area contributed by atoms with Crippen LogP contribution in [-0.2, 0) is 16.1 Å². The zero-order valence-corrected chi connectivity index (χ0v) is 24.1. The molecule has 208 valence electrons. The van der Waals surface area contributed by atoms with Gasteiger partial charge in [-0.1, -0.05) is 74.4 Å². The van der Waals surface area contributed by atoms with E-state index < -0.39 is 0 Å². The summed E-state index contributed by atoms with van der Waals surface area (Å²) in [4.78, 5) is 34.8. The first kappa shape index (κ1) is 26.9. The number of amides is 2. The monoisotopic (exact) mass is 554 g/mol. The number of rotatable bonds is 6. The highest BCUT2D eigenvalue weighted by molar-refractivity contribution is 8.18. The Bertz CT molecular complexity index is 1440. The van der Waals surface area contributed by atoms with Crippen molar-refractivity contribution in [1.29, 1.82) is 0 Å². The number of fused-ring (bicyclic) bond motifs is 1. The number of hydrogen-bond acceptors (Lipinski definition) is 4. The molecule has 2 saturated carbocycles. The standard InChI is InChI=1S/C33H38N4O2S/c1-23-16-18-26(19-17-23)34-31(38)22-36-21-24(28-14-8-9-15-29(28)36)20-30-32(39)37(27-12-6-3-7-13-27)33(40-30)35-25-10-4-2-5-11-25/h8-9,14-21,25,27H,2-7,10-13,22H2,1H3,(H,34,38). The molecule has 0 radical (unpaired) electrons. The fourth-order valence-electron chi connectivity index (χ4n) is 6.26. The SMILES string of the molecule is Cc1ccc(NC(=O)Cn2cc(C=C3SC(=NC4CCCCC4)N(C4CCCCC4)C3=O)c3ccccc32)cc1. The lowest BCUT2D eigenvalue weighted by molar-refractivity contribution is -0.124. The van der Waals surface area contributed by atoms with Crippen molar-refractivity contribution in [2.24, 2.45) is 4.99 Å². The molecule has 1 aromatic heterocycles. The summed E-state index contributed by atoms with van der Waals surface area (Å²) in [6.07, 6.45) is 15.7. The molecule has 1 saturated heterocycles. The number of carbonyl (C=O) groups is 2. The highest BCUT2D eigenvalue weighted by Crippen LogP contribution is 2.39. The van der Waals surface area contributed by atoms with Crippen molar-refractivity contribution in [2.75, 3.05) is 5.32 Å². The lowest BCUT2D eigenvalue weighted by Gasteiger charge is -2.31. The minimum atomic E-state index is -0.0829. The zero-order chi connectivity index (χ0) is 27.5. The van der Waals surface area contributed by atoms with Crippen LogP contribution in [0.1, 0.15) is 75.3 Å². The second-order valence-electron chi connectivity index (χ2n) is 11.4. The van der Waals surface area contributed by atoms with E-state index in [9.17, 15) is 9.59 Å². The van der Waals surface area contributed by atoms with Gasteiger partial charge in [-0.3, -0.25) is 19.5 Å². The summed E-state index contributed by atoms with van der Waals surface area (Å²) in [6, 6.07) is 16.5. The first-order valence-electron chi connectivity index (χ1n) is 14.8. The molecular weight excluding hydrogens is 516 g/mol. The predicted molar refractivity (Wildman–Crippen MR) is 165 cm³/mol. The quantitative estimate of drug-likeness (QED) is 0.320. The number of aromatic nitrogens is 1. The first-order valence-corrected chi connectivity index (χ1v) is 15.6. The van der Waals surface area contributed by atoms with Gasteiger partial charge in [0.25, 0.3) is 5.91 Å². The van der Waals surface area contributed by atoms with Crippen molar-refractivity contribution in [1.82, 2.24) is 9.47 Å². The van der Waals surface area contributed by atoms with Crippen LogP contribution >= 0.6 is 11.8 Å². The maximum Gasteiger partial charge on any atom is 0.267 e. The lowest BCUT2D eigenvalue weighted by atomic mass is 9.94. The summed E-state index contributed by atoms with van der Waals surface area (Å²) in [7, 11) is 0. The molecule has 1 aliphatic heterocycles. The van der Waals surface area contributed by atoms with Crippen LogP contribution in [0.15, 0.2) is 64.6 Å². The van der Waals surface area contributed by atoms with E-state index in [1.54, 1.807) is 11.8 Å². The van der Waals surface area contributed by atoms with Crippen molar-refractivity contribution >= 4 is 51.4 Å². The molecule has 7 heteroatoms. The molecule has 2 amide bonds. The summed E-state index contributed by atoms with van der Waals surface area (Å²) in [5, 5.41) is 4.94. The van der Waals surface area contributed by atoms with E-state index in [4.69, 9.17) is 4.99 Å². The van der Waals surface area contributed by atoms with Crippen molar-refractivity contribution in [3.8, 4) is 0 Å². The van der Waals surface area contributed by atoms with Gasteiger partial charge in [-0.25, -0.2) is 0 Å². The first-order chi connectivity index (χ1) is 19.5. The molecule has 40 heavy (non-hydrogen) atoms. The van der Waals surface area contributed by atoms with E-state index in [0.717, 1.165) is 63.5 Å². The number of nitrogens with one attached hydrogen (secondary N) is 1. The van der Waals surface area contributed by atoms with E-state index in [0.29, 0.717) is 6.04 Å². The average Bonchev–Trinajstić information content (AvgIpc) is 3.47. The molecule has 6 rings (SSSR count). The third kappa shape index (κ3) is 5.90. The molecule has 0 spiro atoms. The van der Waals surface area contributed by atoms with Crippen molar-refractivity contribution in [3.05, 3.63) is 70.8 Å². The Morgan fingerprint density at radius 2 is 1.68 bits per heavy atom. The van der Waals surface area contributed by atoms with Crippen LogP contribution in [0.25, 0.3) is 17.0 Å². The van der Waals surface area contributed by atoms with Crippen LogP contribution in [0.5, 0.6) is 0 Å². The Labute approximate surface area is 240 Å². The topological polar surface area (TPSA) is 66.7 Å². The van der Waals surface area contributed by atoms with Crippen molar-refractivity contribution < 1.29 is 9.59 Å². The lowest BCUT2D eigenvalue weighted by Crippen LogP contribution is -2.41. The van der Waals surface area contributed by atoms with Crippen molar-refractivity contribution in [2.45, 2.75) is 89.8 Å². The normalized spacial score (nSPS) is 21.1. The van der Waals surface area contributed by atoms with E-state index >= 15 is 0 Å². The molecule has 1 N–H and O–H groups in total. The Hall–Kier alpha value is -3.32. The number of anilines is 1. The van der Waals surface area contributed by atoms with E-state index in [1.165, 1.54) is 38.5 Å². The van der Waals surface area contributed by atoms with Gasteiger partial charge in [-0.2, -0.15) is 0 Å². The van der Waals surface area contributed by atoms with Gasteiger partial charge in [0.15, 0.2) is 5.17 Å². The fraction of sp³-hybridized carbons (Fsp3) is 0.424. The zero-order valence-electron chi connectivity index (χ0n) is 23.3. The summed E-state index contributed by atoms with van der Waals surface area (Å²) in [6.45, 7) is 2.22. The second kappa shape index (κ2) is 12.0. The van der Waals surface area contributed by atoms with Crippen molar-refractivity contribution in [3.63, 3.8) is 0 Å². The summed E-state index contributed by atoms with van der Waals surface area (Å²) >= 11 is 1.54. The molecule has 2 aromatic carbocycles. The fourth-order valence-corrected chi connectivity index (χ4v) is 7.36. The number of thioether (sulfide) groups is 1. The Morgan fingerprint density at radius 3 is 2.42 bits per heavy atom. The molecule has 0 atom stereocenters. The molecule has 0 unspecified atom stereocenters. The minimum absolute atomic E-state index is 0.0829. The van der Waals surface area contributed by atoms with E-state index in [1.807, 2.05) is 71.1 Å². The summed E-state index contributed by atoms with van der Waals surface area (Å²) in [5.74, 6) is 0.000840. The largest absolute Gasteiger partial charge is 0.337 e. The number of aryl methyl sites for hydroxylation is 1. The maximum absolute atomic E-state index is 13.9. The van der Waals surface area contributed by atoms with Crippen LogP contribution in [0.2, 0.25) is 0 Å². The third-order valence-corrected chi connectivity index (χ3v) is 9.40. The van der Waals surface area contributed by atoms with Gasteiger partial charge in [0, 0.05) is 34.4 Å². The van der Waals surface area contributed by atoms with E-state index in [2.05, 4.69) is 11.4 Å². The van der Waals surface area contributed by atoms with Crippen LogP contribution in [-0.4, -0.2) is 38.5 Å². The number of nitrogens with zero attached hydrogens (tertiary/aromatic N) is 3. The highest BCUT2D eigenvalue weighted by atomic mass is 32.2. The third-order valence-electron chi connectivity index (χ3n) is 8.40. The predicted octanol–water partition coefficient (Wildman–Crippen LogP) is 7.53. The minimum Gasteiger partial charge on any atom is -0.337 e. The molecule has 3 fully saturated rings. The molecule has 2 aliphatic carbocycles. The van der Waals surface area contributed by atoms with Gasteiger partial charge < -0.3 is 9.88 Å². The number of benzene rings is 2. The number of carbonyl (C=O) groups excluding carboxylic acids is 2. The van der Waals surface area contributed by atoms with Crippen LogP contribution in [0.4, 0.5) is 5.69 Å². The maximum atomic E-state index is 13.9. The molecule has 3 aromatic rings.